The van der Waals surface area contributed by atoms with Gasteiger partial charge in [0.1, 0.15) is 5.78 Å². The van der Waals surface area contributed by atoms with Crippen molar-refractivity contribution in [1.29, 1.82) is 0 Å². The normalized spacial score (nSPS) is 21.5. The first-order valence-corrected chi connectivity index (χ1v) is 6.58. The van der Waals surface area contributed by atoms with Crippen molar-refractivity contribution in [3.8, 4) is 0 Å². The van der Waals surface area contributed by atoms with E-state index in [1.807, 2.05) is 0 Å². The summed E-state index contributed by atoms with van der Waals surface area (Å²) < 4.78 is 0. The van der Waals surface area contributed by atoms with Gasteiger partial charge in [-0.1, -0.05) is 33.6 Å². The van der Waals surface area contributed by atoms with Gasteiger partial charge in [-0.15, -0.1) is 0 Å². The van der Waals surface area contributed by atoms with E-state index in [-0.39, 0.29) is 0 Å². The van der Waals surface area contributed by atoms with Gasteiger partial charge in [0.15, 0.2) is 0 Å². The summed E-state index contributed by atoms with van der Waals surface area (Å²) in [5.41, 5.74) is 0.486. The van der Waals surface area contributed by atoms with Crippen LogP contribution < -0.4 is 0 Å². The fourth-order valence-corrected chi connectivity index (χ4v) is 2.47. The molecule has 1 heteroatoms. The van der Waals surface area contributed by atoms with E-state index in [4.69, 9.17) is 0 Å². The number of rotatable bonds is 5. The van der Waals surface area contributed by atoms with Crippen molar-refractivity contribution < 1.29 is 4.79 Å². The number of carbonyl (C=O) groups is 1. The molecule has 0 aromatic rings. The Balaban J connectivity index is 2.24. The van der Waals surface area contributed by atoms with Crippen LogP contribution in [0, 0.1) is 11.3 Å². The number of hydrogen-bond donors (Lipinski definition) is 0. The molecule has 0 saturated heterocycles. The Kier molecular flexibility index (Phi) is 4.82. The second-order valence-electron chi connectivity index (χ2n) is 5.86. The molecular weight excluding hydrogens is 184 g/mol. The first-order valence-electron chi connectivity index (χ1n) is 6.58. The summed E-state index contributed by atoms with van der Waals surface area (Å²) >= 11 is 0. The molecule has 1 rings (SSSR count). The number of ketones is 1. The standard InChI is InChI=1S/C14H26O/c1-4-5-6-7-13(15)12-8-10-14(2,3)11-9-12/h12H,4-11H2,1-3H3. The minimum absolute atomic E-state index is 0.398. The maximum Gasteiger partial charge on any atom is 0.135 e. The van der Waals surface area contributed by atoms with Gasteiger partial charge in [0.25, 0.3) is 0 Å². The number of unbranched alkanes of at least 4 members (excludes halogenated alkanes) is 2. The monoisotopic (exact) mass is 210 g/mol. The summed E-state index contributed by atoms with van der Waals surface area (Å²) in [4.78, 5) is 11.9. The largest absolute Gasteiger partial charge is 0.299 e. The van der Waals surface area contributed by atoms with E-state index in [1.54, 1.807) is 0 Å². The minimum atomic E-state index is 0.398. The van der Waals surface area contributed by atoms with Crippen molar-refractivity contribution in [3.05, 3.63) is 0 Å². The zero-order valence-corrected chi connectivity index (χ0v) is 10.6. The first kappa shape index (κ1) is 12.7. The van der Waals surface area contributed by atoms with Gasteiger partial charge in [0.2, 0.25) is 0 Å². The van der Waals surface area contributed by atoms with Crippen molar-refractivity contribution in [2.45, 2.75) is 72.1 Å². The van der Waals surface area contributed by atoms with Crippen molar-refractivity contribution in [3.63, 3.8) is 0 Å². The zero-order chi connectivity index (χ0) is 11.3. The van der Waals surface area contributed by atoms with Crippen molar-refractivity contribution in [1.82, 2.24) is 0 Å². The molecule has 0 bridgehead atoms. The lowest BCUT2D eigenvalue weighted by Gasteiger charge is -2.33. The Hall–Kier alpha value is -0.330. The van der Waals surface area contributed by atoms with E-state index in [9.17, 15) is 4.79 Å². The van der Waals surface area contributed by atoms with Crippen molar-refractivity contribution in [2.75, 3.05) is 0 Å². The Morgan fingerprint density at radius 1 is 1.20 bits per heavy atom. The highest BCUT2D eigenvalue weighted by Crippen LogP contribution is 2.38. The Labute approximate surface area is 94.6 Å². The van der Waals surface area contributed by atoms with Crippen LogP contribution in [0.2, 0.25) is 0 Å². The van der Waals surface area contributed by atoms with E-state index in [0.717, 1.165) is 25.7 Å². The summed E-state index contributed by atoms with van der Waals surface area (Å²) in [7, 11) is 0. The quantitative estimate of drug-likeness (QED) is 0.616. The van der Waals surface area contributed by atoms with Gasteiger partial charge in [-0.3, -0.25) is 4.79 Å². The highest BCUT2D eigenvalue weighted by atomic mass is 16.1. The van der Waals surface area contributed by atoms with Crippen LogP contribution in [0.15, 0.2) is 0 Å². The molecular formula is C14H26O. The van der Waals surface area contributed by atoms with E-state index in [2.05, 4.69) is 20.8 Å². The third-order valence-corrected chi connectivity index (χ3v) is 3.82. The van der Waals surface area contributed by atoms with E-state index in [0.29, 0.717) is 17.1 Å². The van der Waals surface area contributed by atoms with Crippen LogP contribution in [0.4, 0.5) is 0 Å². The molecule has 0 spiro atoms. The summed E-state index contributed by atoms with van der Waals surface area (Å²) in [6, 6.07) is 0. The van der Waals surface area contributed by atoms with Crippen molar-refractivity contribution >= 4 is 5.78 Å². The predicted octanol–water partition coefficient (Wildman–Crippen LogP) is 4.35. The third-order valence-electron chi connectivity index (χ3n) is 3.82. The molecule has 1 aliphatic carbocycles. The highest BCUT2D eigenvalue weighted by molar-refractivity contribution is 5.81. The number of hydrogen-bond acceptors (Lipinski definition) is 1. The topological polar surface area (TPSA) is 17.1 Å². The van der Waals surface area contributed by atoms with Gasteiger partial charge in [0, 0.05) is 12.3 Å². The van der Waals surface area contributed by atoms with Crippen LogP contribution in [-0.2, 0) is 4.79 Å². The number of carbonyl (C=O) groups excluding carboxylic acids is 1. The maximum absolute atomic E-state index is 11.9. The summed E-state index contributed by atoms with van der Waals surface area (Å²) in [6.07, 6.45) is 9.10. The zero-order valence-electron chi connectivity index (χ0n) is 10.6. The van der Waals surface area contributed by atoms with Gasteiger partial charge in [0.05, 0.1) is 0 Å². The average Bonchev–Trinajstić information content (AvgIpc) is 2.18. The molecule has 0 N–H and O–H groups in total. The van der Waals surface area contributed by atoms with Crippen molar-refractivity contribution in [2.24, 2.45) is 11.3 Å². The van der Waals surface area contributed by atoms with Gasteiger partial charge < -0.3 is 0 Å². The molecule has 0 aromatic carbocycles. The molecule has 0 amide bonds. The maximum atomic E-state index is 11.9. The smallest absolute Gasteiger partial charge is 0.135 e. The predicted molar refractivity (Wildman–Crippen MR) is 64.9 cm³/mol. The average molecular weight is 210 g/mol. The van der Waals surface area contributed by atoms with E-state index in [1.165, 1.54) is 25.7 Å². The molecule has 15 heavy (non-hydrogen) atoms. The summed E-state index contributed by atoms with van der Waals surface area (Å²) in [5.74, 6) is 0.939. The summed E-state index contributed by atoms with van der Waals surface area (Å²) in [5, 5.41) is 0. The van der Waals surface area contributed by atoms with E-state index >= 15 is 0 Å². The first-order chi connectivity index (χ1) is 7.05. The minimum Gasteiger partial charge on any atom is -0.299 e. The molecule has 0 radical (unpaired) electrons. The molecule has 0 aromatic heterocycles. The molecule has 0 atom stereocenters. The fraction of sp³-hybridized carbons (Fsp3) is 0.929. The van der Waals surface area contributed by atoms with Gasteiger partial charge >= 0.3 is 0 Å². The second-order valence-corrected chi connectivity index (χ2v) is 5.86. The SMILES string of the molecule is CCCCCC(=O)C1CCC(C)(C)CC1. The lowest BCUT2D eigenvalue weighted by molar-refractivity contribution is -0.124. The Bertz CT molecular complexity index is 195. The van der Waals surface area contributed by atoms with E-state index < -0.39 is 0 Å². The third kappa shape index (κ3) is 4.36. The Morgan fingerprint density at radius 2 is 1.80 bits per heavy atom. The highest BCUT2D eigenvalue weighted by Gasteiger charge is 2.29. The fourth-order valence-electron chi connectivity index (χ4n) is 2.47. The van der Waals surface area contributed by atoms with Crippen LogP contribution in [0.25, 0.3) is 0 Å². The van der Waals surface area contributed by atoms with Crippen LogP contribution in [0.1, 0.15) is 72.1 Å². The lowest BCUT2D eigenvalue weighted by atomic mass is 9.71. The summed E-state index contributed by atoms with van der Waals surface area (Å²) in [6.45, 7) is 6.84. The molecule has 88 valence electrons. The van der Waals surface area contributed by atoms with Gasteiger partial charge in [-0.2, -0.15) is 0 Å². The lowest BCUT2D eigenvalue weighted by Crippen LogP contribution is -2.26. The number of Topliss-reactive ketones (excluding diaryl/α,β-unsaturated/α-hetero) is 1. The van der Waals surface area contributed by atoms with Crippen LogP contribution in [-0.4, -0.2) is 5.78 Å². The Morgan fingerprint density at radius 3 is 2.33 bits per heavy atom. The van der Waals surface area contributed by atoms with Crippen LogP contribution in [0.5, 0.6) is 0 Å². The van der Waals surface area contributed by atoms with Gasteiger partial charge in [-0.05, 0) is 37.5 Å². The molecule has 1 nitrogen and oxygen atoms in total. The second kappa shape index (κ2) is 5.67. The molecule has 1 saturated carbocycles. The molecule has 1 aliphatic rings. The molecule has 0 unspecified atom stereocenters. The van der Waals surface area contributed by atoms with Crippen LogP contribution >= 0.6 is 0 Å². The molecule has 0 aliphatic heterocycles. The van der Waals surface area contributed by atoms with Crippen LogP contribution in [0.3, 0.4) is 0 Å². The van der Waals surface area contributed by atoms with Gasteiger partial charge in [-0.25, -0.2) is 0 Å². The molecule has 0 heterocycles. The molecule has 1 fully saturated rings.